The lowest BCUT2D eigenvalue weighted by Crippen LogP contribution is -2.50. The largest absolute Gasteiger partial charge is 0.484 e. The van der Waals surface area contributed by atoms with Gasteiger partial charge in [-0.1, -0.05) is 30.4 Å². The van der Waals surface area contributed by atoms with Crippen LogP contribution < -0.4 is 4.74 Å². The lowest BCUT2D eigenvalue weighted by Gasteiger charge is -2.36. The van der Waals surface area contributed by atoms with Gasteiger partial charge in [0.05, 0.1) is 0 Å². The number of carbonyl (C=O) groups is 1. The van der Waals surface area contributed by atoms with Crippen LogP contribution in [0.4, 0.5) is 0 Å². The fourth-order valence-electron chi connectivity index (χ4n) is 3.32. The number of amides is 1. The molecule has 1 aliphatic heterocycles. The van der Waals surface area contributed by atoms with Crippen LogP contribution in [0.1, 0.15) is 19.3 Å². The Bertz CT molecular complexity index is 521. The molecule has 1 aliphatic carbocycles. The minimum atomic E-state index is 0.0918. The molecule has 0 bridgehead atoms. The van der Waals surface area contributed by atoms with Gasteiger partial charge in [-0.2, -0.15) is 0 Å². The van der Waals surface area contributed by atoms with E-state index in [1.54, 1.807) is 0 Å². The zero-order valence-electron chi connectivity index (χ0n) is 13.7. The van der Waals surface area contributed by atoms with Crippen molar-refractivity contribution in [2.75, 3.05) is 39.3 Å². The third-order valence-electron chi connectivity index (χ3n) is 4.72. The van der Waals surface area contributed by atoms with E-state index in [4.69, 9.17) is 4.74 Å². The molecule has 1 aromatic rings. The van der Waals surface area contributed by atoms with E-state index in [-0.39, 0.29) is 12.5 Å². The number of hydrogen-bond donors (Lipinski definition) is 0. The summed E-state index contributed by atoms with van der Waals surface area (Å²) in [5, 5.41) is 0. The average molecular weight is 314 g/mol. The van der Waals surface area contributed by atoms with Crippen molar-refractivity contribution in [3.63, 3.8) is 0 Å². The van der Waals surface area contributed by atoms with Gasteiger partial charge in [0, 0.05) is 32.7 Å². The van der Waals surface area contributed by atoms with Crippen molar-refractivity contribution in [3.05, 3.63) is 42.5 Å². The molecule has 23 heavy (non-hydrogen) atoms. The molecule has 0 saturated carbocycles. The van der Waals surface area contributed by atoms with E-state index < -0.39 is 0 Å². The molecule has 1 saturated heterocycles. The van der Waals surface area contributed by atoms with E-state index in [1.807, 2.05) is 35.2 Å². The number of piperazine rings is 1. The molecule has 0 N–H and O–H groups in total. The molecule has 1 fully saturated rings. The molecule has 0 radical (unpaired) electrons. The summed E-state index contributed by atoms with van der Waals surface area (Å²) in [6.07, 6.45) is 8.35. The molecule has 4 heteroatoms. The molecule has 1 amide bonds. The summed E-state index contributed by atoms with van der Waals surface area (Å²) >= 11 is 0. The first-order valence-electron chi connectivity index (χ1n) is 8.64. The highest BCUT2D eigenvalue weighted by molar-refractivity contribution is 5.77. The van der Waals surface area contributed by atoms with E-state index in [2.05, 4.69) is 17.1 Å². The second-order valence-electron chi connectivity index (χ2n) is 6.43. The van der Waals surface area contributed by atoms with Crippen LogP contribution in [0, 0.1) is 5.92 Å². The topological polar surface area (TPSA) is 32.8 Å². The van der Waals surface area contributed by atoms with Crippen LogP contribution in [0.15, 0.2) is 42.5 Å². The molecule has 0 aromatic heterocycles. The van der Waals surface area contributed by atoms with Crippen molar-refractivity contribution >= 4 is 5.91 Å². The van der Waals surface area contributed by atoms with Crippen LogP contribution in [0.2, 0.25) is 0 Å². The number of para-hydroxylation sites is 1. The van der Waals surface area contributed by atoms with Crippen molar-refractivity contribution in [1.29, 1.82) is 0 Å². The minimum Gasteiger partial charge on any atom is -0.484 e. The van der Waals surface area contributed by atoms with Gasteiger partial charge < -0.3 is 9.64 Å². The third kappa shape index (κ3) is 4.83. The molecule has 1 atom stereocenters. The Hall–Kier alpha value is -1.81. The zero-order chi connectivity index (χ0) is 15.9. The van der Waals surface area contributed by atoms with Crippen LogP contribution in [-0.2, 0) is 4.79 Å². The second-order valence-corrected chi connectivity index (χ2v) is 6.43. The number of rotatable bonds is 5. The first-order chi connectivity index (χ1) is 11.3. The minimum absolute atomic E-state index is 0.0918. The Morgan fingerprint density at radius 2 is 1.87 bits per heavy atom. The summed E-state index contributed by atoms with van der Waals surface area (Å²) in [5.74, 6) is 1.64. The van der Waals surface area contributed by atoms with Crippen LogP contribution in [-0.4, -0.2) is 55.0 Å². The summed E-state index contributed by atoms with van der Waals surface area (Å²) < 4.78 is 5.56. The summed E-state index contributed by atoms with van der Waals surface area (Å²) in [7, 11) is 0. The van der Waals surface area contributed by atoms with E-state index in [0.29, 0.717) is 0 Å². The predicted molar refractivity (Wildman–Crippen MR) is 91.4 cm³/mol. The second kappa shape index (κ2) is 8.16. The molecule has 0 spiro atoms. The molecule has 4 nitrogen and oxygen atoms in total. The summed E-state index contributed by atoms with van der Waals surface area (Å²) in [4.78, 5) is 16.7. The Morgan fingerprint density at radius 3 is 2.57 bits per heavy atom. The SMILES string of the molecule is O=C(COc1ccccc1)N1CCN(C[C@@H]2CC=CCC2)CC1. The lowest BCUT2D eigenvalue weighted by molar-refractivity contribution is -0.135. The summed E-state index contributed by atoms with van der Waals surface area (Å²) in [6, 6.07) is 9.53. The van der Waals surface area contributed by atoms with Crippen LogP contribution in [0.3, 0.4) is 0 Å². The predicted octanol–water partition coefficient (Wildman–Crippen LogP) is 2.57. The van der Waals surface area contributed by atoms with Crippen LogP contribution in [0.25, 0.3) is 0 Å². The Labute approximate surface area is 138 Å². The maximum Gasteiger partial charge on any atom is 0.260 e. The average Bonchev–Trinajstić information content (AvgIpc) is 2.62. The molecule has 3 rings (SSSR count). The van der Waals surface area contributed by atoms with Crippen LogP contribution >= 0.6 is 0 Å². The summed E-state index contributed by atoms with van der Waals surface area (Å²) in [5.41, 5.74) is 0. The van der Waals surface area contributed by atoms with Crippen molar-refractivity contribution in [1.82, 2.24) is 9.80 Å². The van der Waals surface area contributed by atoms with Gasteiger partial charge in [0.25, 0.3) is 5.91 Å². The van der Waals surface area contributed by atoms with Crippen molar-refractivity contribution in [2.45, 2.75) is 19.3 Å². The fraction of sp³-hybridized carbons (Fsp3) is 0.526. The summed E-state index contributed by atoms with van der Waals surface area (Å²) in [6.45, 7) is 4.91. The third-order valence-corrected chi connectivity index (χ3v) is 4.72. The van der Waals surface area contributed by atoms with Crippen molar-refractivity contribution < 1.29 is 9.53 Å². The standard InChI is InChI=1S/C19H26N2O2/c22-19(16-23-18-9-5-2-6-10-18)21-13-11-20(12-14-21)15-17-7-3-1-4-8-17/h1-3,5-6,9-10,17H,4,7-8,11-16H2/t17-/m1/s1. The molecule has 124 valence electrons. The maximum atomic E-state index is 12.2. The lowest BCUT2D eigenvalue weighted by atomic mass is 9.94. The highest BCUT2D eigenvalue weighted by Gasteiger charge is 2.23. The zero-order valence-corrected chi connectivity index (χ0v) is 13.7. The van der Waals surface area contributed by atoms with Gasteiger partial charge in [0.2, 0.25) is 0 Å². The van der Waals surface area contributed by atoms with Crippen molar-refractivity contribution in [3.8, 4) is 5.75 Å². The smallest absolute Gasteiger partial charge is 0.260 e. The molecular weight excluding hydrogens is 288 g/mol. The monoisotopic (exact) mass is 314 g/mol. The molecule has 0 unspecified atom stereocenters. The Morgan fingerprint density at radius 1 is 1.09 bits per heavy atom. The Balaban J connectivity index is 1.38. The quantitative estimate of drug-likeness (QED) is 0.783. The normalized spacial score (nSPS) is 22.1. The first kappa shape index (κ1) is 16.1. The molecule has 2 aliphatic rings. The molecule has 1 heterocycles. The van der Waals surface area contributed by atoms with Gasteiger partial charge in [-0.25, -0.2) is 0 Å². The highest BCUT2D eigenvalue weighted by atomic mass is 16.5. The van der Waals surface area contributed by atoms with Gasteiger partial charge in [-0.05, 0) is 37.3 Å². The molecular formula is C19H26N2O2. The van der Waals surface area contributed by atoms with E-state index >= 15 is 0 Å². The maximum absolute atomic E-state index is 12.2. The number of ether oxygens (including phenoxy) is 1. The van der Waals surface area contributed by atoms with E-state index in [1.165, 1.54) is 25.8 Å². The number of carbonyl (C=O) groups excluding carboxylic acids is 1. The van der Waals surface area contributed by atoms with Gasteiger partial charge in [-0.15, -0.1) is 0 Å². The van der Waals surface area contributed by atoms with E-state index in [0.717, 1.165) is 37.8 Å². The number of allylic oxidation sites excluding steroid dienone is 2. The number of nitrogens with zero attached hydrogens (tertiary/aromatic N) is 2. The highest BCUT2D eigenvalue weighted by Crippen LogP contribution is 2.20. The van der Waals surface area contributed by atoms with Gasteiger partial charge >= 0.3 is 0 Å². The number of hydrogen-bond acceptors (Lipinski definition) is 3. The van der Waals surface area contributed by atoms with Crippen LogP contribution in [0.5, 0.6) is 5.75 Å². The Kier molecular flexibility index (Phi) is 5.70. The van der Waals surface area contributed by atoms with Crippen molar-refractivity contribution in [2.24, 2.45) is 5.92 Å². The van der Waals surface area contributed by atoms with Gasteiger partial charge in [-0.3, -0.25) is 9.69 Å². The van der Waals surface area contributed by atoms with Gasteiger partial charge in [0.1, 0.15) is 5.75 Å². The van der Waals surface area contributed by atoms with E-state index in [9.17, 15) is 4.79 Å². The van der Waals surface area contributed by atoms with Gasteiger partial charge in [0.15, 0.2) is 6.61 Å². The number of benzene rings is 1. The fourth-order valence-corrected chi connectivity index (χ4v) is 3.32. The molecule has 1 aromatic carbocycles. The first-order valence-corrected chi connectivity index (χ1v) is 8.64.